The molecule has 0 aliphatic heterocycles. The first kappa shape index (κ1) is 12.9. The first-order chi connectivity index (χ1) is 7.80. The summed E-state index contributed by atoms with van der Waals surface area (Å²) in [5.74, 6) is 1.35. The van der Waals surface area contributed by atoms with Crippen LogP contribution in [0.5, 0.6) is 0 Å². The highest BCUT2D eigenvalue weighted by atomic mass is 16.5. The van der Waals surface area contributed by atoms with E-state index in [1.165, 1.54) is 0 Å². The van der Waals surface area contributed by atoms with Gasteiger partial charge in [0, 0.05) is 19.5 Å². The van der Waals surface area contributed by atoms with Crippen LogP contribution in [-0.4, -0.2) is 39.8 Å². The average Bonchev–Trinajstić information content (AvgIpc) is 2.67. The number of aliphatic hydroxyl groups excluding tert-OH is 1. The molecule has 1 heterocycles. The molecule has 0 unspecified atom stereocenters. The molecule has 16 heavy (non-hydrogen) atoms. The third-order valence-electron chi connectivity index (χ3n) is 2.14. The molecule has 0 spiro atoms. The summed E-state index contributed by atoms with van der Waals surface area (Å²) in [5.41, 5.74) is 0. The molecule has 1 N–H and O–H groups in total. The maximum Gasteiger partial charge on any atom is 0.226 e. The number of rotatable bonds is 8. The first-order valence-electron chi connectivity index (χ1n) is 5.55. The number of hydrogen-bond donors (Lipinski definition) is 1. The molecule has 0 saturated carbocycles. The SMILES string of the molecule is C=CCN(CCO)Cc1noc(CCC)n1. The van der Waals surface area contributed by atoms with Crippen LogP contribution in [0.2, 0.25) is 0 Å². The van der Waals surface area contributed by atoms with E-state index < -0.39 is 0 Å². The molecule has 0 aliphatic rings. The van der Waals surface area contributed by atoms with Gasteiger partial charge in [-0.25, -0.2) is 0 Å². The quantitative estimate of drug-likeness (QED) is 0.669. The Morgan fingerprint density at radius 3 is 3.00 bits per heavy atom. The van der Waals surface area contributed by atoms with Crippen molar-refractivity contribution in [3.05, 3.63) is 24.4 Å². The van der Waals surface area contributed by atoms with Gasteiger partial charge in [0.1, 0.15) is 0 Å². The smallest absolute Gasteiger partial charge is 0.226 e. The minimum absolute atomic E-state index is 0.119. The molecule has 0 aliphatic carbocycles. The topological polar surface area (TPSA) is 62.4 Å². The first-order valence-corrected chi connectivity index (χ1v) is 5.55. The molecule has 0 fully saturated rings. The minimum atomic E-state index is 0.119. The zero-order valence-corrected chi connectivity index (χ0v) is 9.72. The van der Waals surface area contributed by atoms with E-state index in [1.807, 2.05) is 4.90 Å². The summed E-state index contributed by atoms with van der Waals surface area (Å²) in [7, 11) is 0. The fraction of sp³-hybridized carbons (Fsp3) is 0.636. The second-order valence-corrected chi connectivity index (χ2v) is 3.60. The van der Waals surface area contributed by atoms with E-state index in [2.05, 4.69) is 23.6 Å². The maximum atomic E-state index is 8.89. The second-order valence-electron chi connectivity index (χ2n) is 3.60. The predicted octanol–water partition coefficient (Wildman–Crippen LogP) is 1.00. The van der Waals surface area contributed by atoms with E-state index in [1.54, 1.807) is 6.08 Å². The molecule has 0 aromatic carbocycles. The van der Waals surface area contributed by atoms with Gasteiger partial charge in [-0.1, -0.05) is 18.2 Å². The van der Waals surface area contributed by atoms with Crippen LogP contribution in [0.4, 0.5) is 0 Å². The van der Waals surface area contributed by atoms with E-state index in [0.29, 0.717) is 31.3 Å². The lowest BCUT2D eigenvalue weighted by atomic mass is 10.3. The molecule has 0 saturated heterocycles. The summed E-state index contributed by atoms with van der Waals surface area (Å²) in [5, 5.41) is 12.8. The Labute approximate surface area is 95.8 Å². The van der Waals surface area contributed by atoms with Crippen LogP contribution < -0.4 is 0 Å². The zero-order chi connectivity index (χ0) is 11.8. The van der Waals surface area contributed by atoms with Crippen molar-refractivity contribution in [3.8, 4) is 0 Å². The summed E-state index contributed by atoms with van der Waals surface area (Å²) in [4.78, 5) is 6.28. The normalized spacial score (nSPS) is 10.9. The predicted molar refractivity (Wildman–Crippen MR) is 60.9 cm³/mol. The minimum Gasteiger partial charge on any atom is -0.395 e. The van der Waals surface area contributed by atoms with Gasteiger partial charge < -0.3 is 9.63 Å². The van der Waals surface area contributed by atoms with Gasteiger partial charge in [0.2, 0.25) is 5.89 Å². The van der Waals surface area contributed by atoms with Crippen molar-refractivity contribution in [2.75, 3.05) is 19.7 Å². The van der Waals surface area contributed by atoms with Crippen LogP contribution in [0.15, 0.2) is 17.2 Å². The van der Waals surface area contributed by atoms with Crippen LogP contribution in [0.1, 0.15) is 25.1 Å². The Kier molecular flexibility index (Phi) is 5.74. The van der Waals surface area contributed by atoms with Gasteiger partial charge in [0.05, 0.1) is 13.2 Å². The molecule has 90 valence electrons. The Bertz CT molecular complexity index is 312. The monoisotopic (exact) mass is 225 g/mol. The fourth-order valence-electron chi connectivity index (χ4n) is 1.43. The van der Waals surface area contributed by atoms with Gasteiger partial charge in [-0.05, 0) is 6.42 Å². The van der Waals surface area contributed by atoms with Crippen LogP contribution in [0.3, 0.4) is 0 Å². The van der Waals surface area contributed by atoms with Gasteiger partial charge >= 0.3 is 0 Å². The molecule has 0 atom stereocenters. The van der Waals surface area contributed by atoms with E-state index in [0.717, 1.165) is 12.8 Å². The van der Waals surface area contributed by atoms with E-state index in [4.69, 9.17) is 9.63 Å². The summed E-state index contributed by atoms with van der Waals surface area (Å²) >= 11 is 0. The number of aryl methyl sites for hydroxylation is 1. The summed E-state index contributed by atoms with van der Waals surface area (Å²) < 4.78 is 5.09. The van der Waals surface area contributed by atoms with Crippen LogP contribution in [-0.2, 0) is 13.0 Å². The Morgan fingerprint density at radius 2 is 2.38 bits per heavy atom. The van der Waals surface area contributed by atoms with Gasteiger partial charge in [-0.3, -0.25) is 4.90 Å². The Balaban J connectivity index is 2.51. The summed E-state index contributed by atoms with van der Waals surface area (Å²) in [6.07, 6.45) is 3.60. The molecule has 5 nitrogen and oxygen atoms in total. The number of hydrogen-bond acceptors (Lipinski definition) is 5. The molecule has 0 amide bonds. The third-order valence-corrected chi connectivity index (χ3v) is 2.14. The third kappa shape index (κ3) is 4.12. The van der Waals surface area contributed by atoms with Gasteiger partial charge in [0.25, 0.3) is 0 Å². The lowest BCUT2D eigenvalue weighted by molar-refractivity contribution is 0.199. The fourth-order valence-corrected chi connectivity index (χ4v) is 1.43. The molecule has 0 radical (unpaired) electrons. The summed E-state index contributed by atoms with van der Waals surface area (Å²) in [6.45, 7) is 7.74. The number of nitrogens with zero attached hydrogens (tertiary/aromatic N) is 3. The lowest BCUT2D eigenvalue weighted by Gasteiger charge is -2.16. The van der Waals surface area contributed by atoms with Crippen LogP contribution in [0.25, 0.3) is 0 Å². The van der Waals surface area contributed by atoms with Crippen LogP contribution >= 0.6 is 0 Å². The molecular formula is C11H19N3O2. The average molecular weight is 225 g/mol. The Hall–Kier alpha value is -1.20. The van der Waals surface area contributed by atoms with Crippen LogP contribution in [0, 0.1) is 0 Å². The molecular weight excluding hydrogens is 206 g/mol. The molecule has 0 bridgehead atoms. The van der Waals surface area contributed by atoms with E-state index >= 15 is 0 Å². The lowest BCUT2D eigenvalue weighted by Crippen LogP contribution is -2.27. The van der Waals surface area contributed by atoms with Crippen molar-refractivity contribution < 1.29 is 9.63 Å². The van der Waals surface area contributed by atoms with E-state index in [9.17, 15) is 0 Å². The highest BCUT2D eigenvalue weighted by Crippen LogP contribution is 2.03. The van der Waals surface area contributed by atoms with Crippen molar-refractivity contribution in [2.45, 2.75) is 26.3 Å². The molecule has 5 heteroatoms. The van der Waals surface area contributed by atoms with E-state index in [-0.39, 0.29) is 6.61 Å². The largest absolute Gasteiger partial charge is 0.395 e. The zero-order valence-electron chi connectivity index (χ0n) is 9.72. The van der Waals surface area contributed by atoms with Crippen molar-refractivity contribution in [3.63, 3.8) is 0 Å². The Morgan fingerprint density at radius 1 is 1.56 bits per heavy atom. The number of aromatic nitrogens is 2. The highest BCUT2D eigenvalue weighted by Gasteiger charge is 2.09. The highest BCUT2D eigenvalue weighted by molar-refractivity contribution is 4.87. The molecule has 1 aromatic rings. The molecule has 1 rings (SSSR count). The van der Waals surface area contributed by atoms with Gasteiger partial charge in [-0.2, -0.15) is 4.98 Å². The van der Waals surface area contributed by atoms with Gasteiger partial charge in [-0.15, -0.1) is 6.58 Å². The number of aliphatic hydroxyl groups is 1. The second kappa shape index (κ2) is 7.14. The standard InChI is InChI=1S/C11H19N3O2/c1-3-5-11-12-10(13-16-11)9-14(6-4-2)7-8-15/h4,15H,2-3,5-9H2,1H3. The van der Waals surface area contributed by atoms with Crippen molar-refractivity contribution in [1.82, 2.24) is 15.0 Å². The molecule has 1 aromatic heterocycles. The summed E-state index contributed by atoms with van der Waals surface area (Å²) in [6, 6.07) is 0. The van der Waals surface area contributed by atoms with Crippen molar-refractivity contribution >= 4 is 0 Å². The maximum absolute atomic E-state index is 8.89. The van der Waals surface area contributed by atoms with Crippen molar-refractivity contribution in [2.24, 2.45) is 0 Å². The van der Waals surface area contributed by atoms with Crippen molar-refractivity contribution in [1.29, 1.82) is 0 Å². The van der Waals surface area contributed by atoms with Gasteiger partial charge in [0.15, 0.2) is 5.82 Å².